The zero-order chi connectivity index (χ0) is 12.7. The first kappa shape index (κ1) is 11.3. The second-order valence-electron chi connectivity index (χ2n) is 5.05. The minimum Gasteiger partial charge on any atom is -0.339 e. The van der Waals surface area contributed by atoms with E-state index < -0.39 is 0 Å². The number of hydrogen-bond acceptors (Lipinski definition) is 1. The van der Waals surface area contributed by atoms with Crippen molar-refractivity contribution < 1.29 is 4.79 Å². The third-order valence-corrected chi connectivity index (χ3v) is 3.96. The lowest BCUT2D eigenvalue weighted by Crippen LogP contribution is -2.29. The van der Waals surface area contributed by atoms with Gasteiger partial charge in [-0.3, -0.25) is 4.79 Å². The summed E-state index contributed by atoms with van der Waals surface area (Å²) in [5.74, 6) is 0.184. The summed E-state index contributed by atoms with van der Waals surface area (Å²) < 4.78 is 2.03. The molecule has 0 atom stereocenters. The third-order valence-electron chi connectivity index (χ3n) is 3.96. The Morgan fingerprint density at radius 2 is 1.83 bits per heavy atom. The number of para-hydroxylation sites is 1. The van der Waals surface area contributed by atoms with Gasteiger partial charge in [-0.2, -0.15) is 0 Å². The summed E-state index contributed by atoms with van der Waals surface area (Å²) in [6.45, 7) is 3.85. The minimum absolute atomic E-state index is 0.184. The van der Waals surface area contributed by atoms with Crippen molar-refractivity contribution in [3.05, 3.63) is 35.5 Å². The minimum atomic E-state index is 0.184. The standard InChI is InChI=1S/C15H18N2O/c1-11-12-7-3-4-8-13(12)16(2)14(11)15(18)17-9-5-6-10-17/h3-4,7-8H,5-6,9-10H2,1-2H3. The predicted molar refractivity (Wildman–Crippen MR) is 72.8 cm³/mol. The molecule has 0 radical (unpaired) electrons. The zero-order valence-electron chi connectivity index (χ0n) is 10.9. The maximum Gasteiger partial charge on any atom is 0.270 e. The van der Waals surface area contributed by atoms with E-state index in [-0.39, 0.29) is 5.91 Å². The van der Waals surface area contributed by atoms with Gasteiger partial charge in [-0.1, -0.05) is 18.2 Å². The fourth-order valence-corrected chi connectivity index (χ4v) is 2.96. The zero-order valence-corrected chi connectivity index (χ0v) is 10.9. The molecule has 1 amide bonds. The topological polar surface area (TPSA) is 25.2 Å². The predicted octanol–water partition coefficient (Wildman–Crippen LogP) is 2.72. The maximum atomic E-state index is 12.6. The van der Waals surface area contributed by atoms with Crippen LogP contribution < -0.4 is 0 Å². The molecule has 0 spiro atoms. The van der Waals surface area contributed by atoms with Gasteiger partial charge in [0.05, 0.1) is 0 Å². The summed E-state index contributed by atoms with van der Waals surface area (Å²) in [5, 5.41) is 1.18. The Balaban J connectivity index is 2.14. The van der Waals surface area contributed by atoms with Crippen molar-refractivity contribution in [3.8, 4) is 0 Å². The summed E-state index contributed by atoms with van der Waals surface area (Å²) in [7, 11) is 1.98. The number of likely N-dealkylation sites (tertiary alicyclic amines) is 1. The van der Waals surface area contributed by atoms with E-state index >= 15 is 0 Å². The molecular formula is C15H18N2O. The van der Waals surface area contributed by atoms with Crippen LogP contribution in [0.3, 0.4) is 0 Å². The highest BCUT2D eigenvalue weighted by molar-refractivity contribution is 6.01. The number of rotatable bonds is 1. The van der Waals surface area contributed by atoms with Crippen molar-refractivity contribution in [1.82, 2.24) is 9.47 Å². The first-order valence-electron chi connectivity index (χ1n) is 6.53. The number of nitrogens with zero attached hydrogens (tertiary/aromatic N) is 2. The van der Waals surface area contributed by atoms with Crippen LogP contribution in [-0.4, -0.2) is 28.5 Å². The number of carbonyl (C=O) groups is 1. The molecule has 1 aliphatic heterocycles. The number of amides is 1. The van der Waals surface area contributed by atoms with Gasteiger partial charge in [-0.05, 0) is 31.4 Å². The molecule has 0 saturated carbocycles. The molecular weight excluding hydrogens is 224 g/mol. The molecule has 0 N–H and O–H groups in total. The van der Waals surface area contributed by atoms with E-state index in [0.29, 0.717) is 0 Å². The molecule has 1 saturated heterocycles. The Bertz CT molecular complexity index is 567. The quantitative estimate of drug-likeness (QED) is 0.755. The lowest BCUT2D eigenvalue weighted by atomic mass is 10.1. The molecule has 0 bridgehead atoms. The van der Waals surface area contributed by atoms with E-state index in [9.17, 15) is 4.79 Å². The Labute approximate surface area is 107 Å². The SMILES string of the molecule is Cc1c(C(=O)N2CCCC2)n(C)c2ccccc12. The second-order valence-corrected chi connectivity index (χ2v) is 5.05. The maximum absolute atomic E-state index is 12.6. The van der Waals surface area contributed by atoms with Gasteiger partial charge in [0.25, 0.3) is 5.91 Å². The second kappa shape index (κ2) is 4.16. The number of benzene rings is 1. The van der Waals surface area contributed by atoms with Crippen molar-refractivity contribution in [2.45, 2.75) is 19.8 Å². The van der Waals surface area contributed by atoms with Crippen LogP contribution in [0.25, 0.3) is 10.9 Å². The van der Waals surface area contributed by atoms with Gasteiger partial charge in [0, 0.05) is 31.0 Å². The van der Waals surface area contributed by atoms with E-state index in [1.807, 2.05) is 35.6 Å². The molecule has 3 rings (SSSR count). The summed E-state index contributed by atoms with van der Waals surface area (Å²) in [6.07, 6.45) is 2.27. The highest BCUT2D eigenvalue weighted by Crippen LogP contribution is 2.26. The largest absolute Gasteiger partial charge is 0.339 e. The Kier molecular flexibility index (Phi) is 2.62. The molecule has 94 valence electrons. The Hall–Kier alpha value is -1.77. The van der Waals surface area contributed by atoms with Gasteiger partial charge in [0.2, 0.25) is 0 Å². The normalized spacial score (nSPS) is 15.6. The molecule has 1 aromatic heterocycles. The molecule has 2 heterocycles. The first-order chi connectivity index (χ1) is 8.70. The number of aromatic nitrogens is 1. The lowest BCUT2D eigenvalue weighted by Gasteiger charge is -2.16. The first-order valence-corrected chi connectivity index (χ1v) is 6.53. The van der Waals surface area contributed by atoms with Crippen LogP contribution in [-0.2, 0) is 7.05 Å². The van der Waals surface area contributed by atoms with Gasteiger partial charge in [0.15, 0.2) is 0 Å². The van der Waals surface area contributed by atoms with Crippen molar-refractivity contribution in [2.24, 2.45) is 7.05 Å². The molecule has 1 fully saturated rings. The molecule has 0 unspecified atom stereocenters. The monoisotopic (exact) mass is 242 g/mol. The molecule has 2 aromatic rings. The van der Waals surface area contributed by atoms with Gasteiger partial charge in [0.1, 0.15) is 5.69 Å². The number of fused-ring (bicyclic) bond motifs is 1. The highest BCUT2D eigenvalue weighted by Gasteiger charge is 2.24. The van der Waals surface area contributed by atoms with E-state index in [0.717, 1.165) is 42.7 Å². The van der Waals surface area contributed by atoms with Crippen molar-refractivity contribution in [3.63, 3.8) is 0 Å². The number of hydrogen-bond donors (Lipinski definition) is 0. The van der Waals surface area contributed by atoms with E-state index in [1.54, 1.807) is 0 Å². The van der Waals surface area contributed by atoms with E-state index in [4.69, 9.17) is 0 Å². The van der Waals surface area contributed by atoms with Crippen molar-refractivity contribution in [1.29, 1.82) is 0 Å². The van der Waals surface area contributed by atoms with Gasteiger partial charge in [-0.15, -0.1) is 0 Å². The van der Waals surface area contributed by atoms with Crippen LogP contribution >= 0.6 is 0 Å². The average molecular weight is 242 g/mol. The van der Waals surface area contributed by atoms with E-state index in [1.165, 1.54) is 5.39 Å². The summed E-state index contributed by atoms with van der Waals surface area (Å²) >= 11 is 0. The molecule has 3 heteroatoms. The summed E-state index contributed by atoms with van der Waals surface area (Å²) in [4.78, 5) is 14.5. The fraction of sp³-hybridized carbons (Fsp3) is 0.400. The Morgan fingerprint density at radius 3 is 2.50 bits per heavy atom. The van der Waals surface area contributed by atoms with Crippen molar-refractivity contribution in [2.75, 3.05) is 13.1 Å². The van der Waals surface area contributed by atoms with Crippen LogP contribution in [0, 0.1) is 6.92 Å². The van der Waals surface area contributed by atoms with Crippen LogP contribution in [0.1, 0.15) is 28.9 Å². The Morgan fingerprint density at radius 1 is 1.17 bits per heavy atom. The summed E-state index contributed by atoms with van der Waals surface area (Å²) in [6, 6.07) is 8.21. The van der Waals surface area contributed by atoms with Gasteiger partial charge >= 0.3 is 0 Å². The molecule has 18 heavy (non-hydrogen) atoms. The third kappa shape index (κ3) is 1.54. The van der Waals surface area contributed by atoms with E-state index in [2.05, 4.69) is 12.1 Å². The van der Waals surface area contributed by atoms with Crippen LogP contribution in [0.2, 0.25) is 0 Å². The highest BCUT2D eigenvalue weighted by atomic mass is 16.2. The molecule has 1 aromatic carbocycles. The van der Waals surface area contributed by atoms with Crippen LogP contribution in [0.5, 0.6) is 0 Å². The molecule has 1 aliphatic rings. The smallest absolute Gasteiger partial charge is 0.270 e. The van der Waals surface area contributed by atoms with Crippen LogP contribution in [0.4, 0.5) is 0 Å². The molecule has 0 aliphatic carbocycles. The number of carbonyl (C=O) groups excluding carboxylic acids is 1. The lowest BCUT2D eigenvalue weighted by molar-refractivity contribution is 0.0783. The fourth-order valence-electron chi connectivity index (χ4n) is 2.96. The average Bonchev–Trinajstić information content (AvgIpc) is 2.99. The van der Waals surface area contributed by atoms with Crippen molar-refractivity contribution >= 4 is 16.8 Å². The van der Waals surface area contributed by atoms with Gasteiger partial charge < -0.3 is 9.47 Å². The van der Waals surface area contributed by atoms with Gasteiger partial charge in [-0.25, -0.2) is 0 Å². The number of aryl methyl sites for hydroxylation is 2. The van der Waals surface area contributed by atoms with Crippen LogP contribution in [0.15, 0.2) is 24.3 Å². The summed E-state index contributed by atoms with van der Waals surface area (Å²) in [5.41, 5.74) is 3.08. The molecule has 3 nitrogen and oxygen atoms in total.